The Labute approximate surface area is 142 Å². The van der Waals surface area contributed by atoms with Gasteiger partial charge in [0.2, 0.25) is 5.91 Å². The predicted molar refractivity (Wildman–Crippen MR) is 79.2 cm³/mol. The van der Waals surface area contributed by atoms with Gasteiger partial charge in [-0.05, 0) is 25.7 Å². The number of nitrogens with one attached hydrogen (secondary N) is 1. The summed E-state index contributed by atoms with van der Waals surface area (Å²) >= 11 is 0. The van der Waals surface area contributed by atoms with Crippen molar-refractivity contribution in [1.29, 1.82) is 0 Å². The van der Waals surface area contributed by atoms with Crippen molar-refractivity contribution >= 4 is 17.8 Å². The Morgan fingerprint density at radius 2 is 1.88 bits per heavy atom. The summed E-state index contributed by atoms with van der Waals surface area (Å²) in [6, 6.07) is -0.660. The zero-order valence-corrected chi connectivity index (χ0v) is 13.5. The molecule has 2 aliphatic heterocycles. The first-order valence-corrected chi connectivity index (χ1v) is 7.84. The van der Waals surface area contributed by atoms with Gasteiger partial charge in [0, 0.05) is 31.6 Å². The van der Waals surface area contributed by atoms with Crippen LogP contribution in [0.5, 0.6) is 0 Å². The van der Waals surface area contributed by atoms with E-state index in [0.717, 1.165) is 19.3 Å². The summed E-state index contributed by atoms with van der Waals surface area (Å²) in [5.41, 5.74) is 5.85. The van der Waals surface area contributed by atoms with Crippen LogP contribution in [-0.4, -0.2) is 70.9 Å². The first-order chi connectivity index (χ1) is 11.5. The van der Waals surface area contributed by atoms with Crippen molar-refractivity contribution in [2.24, 2.45) is 11.7 Å². The molecule has 8 nitrogen and oxygen atoms in total. The van der Waals surface area contributed by atoms with Crippen molar-refractivity contribution in [2.45, 2.75) is 44.0 Å². The Balaban J connectivity index is 0.000000381. The highest BCUT2D eigenvalue weighted by atomic mass is 19.4. The summed E-state index contributed by atoms with van der Waals surface area (Å²) < 4.78 is 31.7. The number of nitrogens with zero attached hydrogens (tertiary/aromatic N) is 1. The summed E-state index contributed by atoms with van der Waals surface area (Å²) in [6.07, 6.45) is -3.20. The summed E-state index contributed by atoms with van der Waals surface area (Å²) in [5, 5.41) is 19.8. The van der Waals surface area contributed by atoms with E-state index in [1.807, 2.05) is 0 Å². The number of rotatable bonds is 4. The van der Waals surface area contributed by atoms with E-state index in [4.69, 9.17) is 15.6 Å². The molecule has 3 atom stereocenters. The van der Waals surface area contributed by atoms with Crippen LogP contribution in [0.2, 0.25) is 0 Å². The Bertz CT molecular complexity index is 497. The number of carbonyl (C=O) groups is 3. The van der Waals surface area contributed by atoms with Crippen molar-refractivity contribution in [3.8, 4) is 0 Å². The highest BCUT2D eigenvalue weighted by Gasteiger charge is 2.38. The maximum absolute atomic E-state index is 11.8. The molecule has 0 saturated carbocycles. The van der Waals surface area contributed by atoms with E-state index >= 15 is 0 Å². The van der Waals surface area contributed by atoms with Gasteiger partial charge in [0.1, 0.15) is 6.10 Å². The van der Waals surface area contributed by atoms with Crippen LogP contribution >= 0.6 is 0 Å². The van der Waals surface area contributed by atoms with E-state index in [2.05, 4.69) is 5.32 Å². The van der Waals surface area contributed by atoms with Gasteiger partial charge in [-0.2, -0.15) is 13.2 Å². The molecule has 2 rings (SSSR count). The number of aliphatic carboxylic acids is 1. The smallest absolute Gasteiger partial charge is 0.475 e. The first kappa shape index (κ1) is 21.2. The molecule has 11 heteroatoms. The SMILES string of the molecule is NC(C[C@@H]1CCCNC1=O)C(O)C(=O)N1CCC1.O=C(O)C(F)(F)F. The van der Waals surface area contributed by atoms with E-state index < -0.39 is 24.3 Å². The highest BCUT2D eigenvalue weighted by Crippen LogP contribution is 2.19. The molecule has 2 saturated heterocycles. The third-order valence-corrected chi connectivity index (χ3v) is 4.02. The maximum atomic E-state index is 11.8. The van der Waals surface area contributed by atoms with Crippen LogP contribution in [0.3, 0.4) is 0 Å². The van der Waals surface area contributed by atoms with Crippen molar-refractivity contribution in [3.05, 3.63) is 0 Å². The lowest BCUT2D eigenvalue weighted by atomic mass is 9.89. The molecule has 144 valence electrons. The van der Waals surface area contributed by atoms with E-state index in [-0.39, 0.29) is 17.7 Å². The van der Waals surface area contributed by atoms with E-state index in [0.29, 0.717) is 26.1 Å². The van der Waals surface area contributed by atoms with E-state index in [9.17, 15) is 27.9 Å². The van der Waals surface area contributed by atoms with Gasteiger partial charge in [0.25, 0.3) is 5.91 Å². The molecule has 2 unspecified atom stereocenters. The topological polar surface area (TPSA) is 133 Å². The van der Waals surface area contributed by atoms with E-state index in [1.54, 1.807) is 4.90 Å². The second-order valence-electron chi connectivity index (χ2n) is 5.96. The number of likely N-dealkylation sites (tertiary alicyclic amines) is 1. The summed E-state index contributed by atoms with van der Waals surface area (Å²) in [5.74, 6) is -3.25. The predicted octanol–water partition coefficient (Wildman–Crippen LogP) is -0.543. The number of nitrogens with two attached hydrogens (primary N) is 1. The first-order valence-electron chi connectivity index (χ1n) is 7.84. The van der Waals surface area contributed by atoms with Gasteiger partial charge in [-0.15, -0.1) is 0 Å². The average Bonchev–Trinajstić information content (AvgIpc) is 2.46. The second-order valence-corrected chi connectivity index (χ2v) is 5.96. The highest BCUT2D eigenvalue weighted by molar-refractivity contribution is 5.82. The summed E-state index contributed by atoms with van der Waals surface area (Å²) in [4.78, 5) is 33.9. The molecule has 25 heavy (non-hydrogen) atoms. The van der Waals surface area contributed by atoms with Crippen LogP contribution in [0.1, 0.15) is 25.7 Å². The van der Waals surface area contributed by atoms with Crippen LogP contribution in [0.25, 0.3) is 0 Å². The minimum atomic E-state index is -5.08. The summed E-state index contributed by atoms with van der Waals surface area (Å²) in [7, 11) is 0. The number of hydrogen-bond acceptors (Lipinski definition) is 5. The number of alkyl halides is 3. The molecule has 0 bridgehead atoms. The van der Waals surface area contributed by atoms with Crippen molar-refractivity contribution in [1.82, 2.24) is 10.2 Å². The standard InChI is InChI=1S/C12H21N3O3.C2HF3O2/c13-9(7-8-3-1-4-14-11(8)17)10(16)12(18)15-5-2-6-15;3-2(4,5)1(6)7/h8-10,16H,1-7,13H2,(H,14,17);(H,6,7)/t8-,9?,10?;/m0./s1. The number of halogens is 3. The lowest BCUT2D eigenvalue weighted by molar-refractivity contribution is -0.192. The van der Waals surface area contributed by atoms with Gasteiger partial charge in [0.15, 0.2) is 0 Å². The van der Waals surface area contributed by atoms with Crippen molar-refractivity contribution < 1.29 is 37.8 Å². The minimum Gasteiger partial charge on any atom is -0.475 e. The Kier molecular flexibility index (Phi) is 7.61. The van der Waals surface area contributed by atoms with Gasteiger partial charge < -0.3 is 26.2 Å². The number of amides is 2. The number of carboxylic acids is 1. The normalized spacial score (nSPS) is 22.7. The van der Waals surface area contributed by atoms with Gasteiger partial charge >= 0.3 is 12.1 Å². The van der Waals surface area contributed by atoms with Gasteiger partial charge in [-0.3, -0.25) is 9.59 Å². The monoisotopic (exact) mass is 369 g/mol. The number of aliphatic hydroxyl groups excluding tert-OH is 1. The molecule has 0 spiro atoms. The fourth-order valence-corrected chi connectivity index (χ4v) is 2.42. The largest absolute Gasteiger partial charge is 0.490 e. The zero-order chi connectivity index (χ0) is 19.2. The quantitative estimate of drug-likeness (QED) is 0.526. The second kappa shape index (κ2) is 8.99. The molecular formula is C14H22F3N3O5. The van der Waals surface area contributed by atoms with Gasteiger partial charge in [-0.25, -0.2) is 4.79 Å². The molecule has 5 N–H and O–H groups in total. The average molecular weight is 369 g/mol. The Morgan fingerprint density at radius 1 is 1.32 bits per heavy atom. The molecular weight excluding hydrogens is 347 g/mol. The molecule has 0 aromatic rings. The van der Waals surface area contributed by atoms with Crippen LogP contribution < -0.4 is 11.1 Å². The summed E-state index contributed by atoms with van der Waals surface area (Å²) in [6.45, 7) is 2.11. The third kappa shape index (κ3) is 6.50. The molecule has 0 aliphatic carbocycles. The van der Waals surface area contributed by atoms with Crippen LogP contribution in [0.15, 0.2) is 0 Å². The number of hydrogen-bond donors (Lipinski definition) is 4. The lowest BCUT2D eigenvalue weighted by Crippen LogP contribution is -2.53. The molecule has 2 aliphatic rings. The Hall–Kier alpha value is -1.88. The number of aliphatic hydroxyl groups is 1. The molecule has 2 heterocycles. The molecule has 2 fully saturated rings. The van der Waals surface area contributed by atoms with Crippen LogP contribution in [-0.2, 0) is 14.4 Å². The van der Waals surface area contributed by atoms with Crippen molar-refractivity contribution in [3.63, 3.8) is 0 Å². The fraction of sp³-hybridized carbons (Fsp3) is 0.786. The van der Waals surface area contributed by atoms with Crippen molar-refractivity contribution in [2.75, 3.05) is 19.6 Å². The number of carbonyl (C=O) groups excluding carboxylic acids is 2. The fourth-order valence-electron chi connectivity index (χ4n) is 2.42. The van der Waals surface area contributed by atoms with Crippen LogP contribution in [0.4, 0.5) is 13.2 Å². The lowest BCUT2D eigenvalue weighted by Gasteiger charge is -2.34. The van der Waals surface area contributed by atoms with Gasteiger partial charge in [0.05, 0.1) is 0 Å². The maximum Gasteiger partial charge on any atom is 0.490 e. The third-order valence-electron chi connectivity index (χ3n) is 4.02. The molecule has 0 aromatic carbocycles. The zero-order valence-electron chi connectivity index (χ0n) is 13.5. The number of piperidine rings is 1. The molecule has 0 radical (unpaired) electrons. The Morgan fingerprint density at radius 3 is 2.28 bits per heavy atom. The minimum absolute atomic E-state index is 0.0136. The molecule has 0 aromatic heterocycles. The van der Waals surface area contributed by atoms with Crippen LogP contribution in [0, 0.1) is 5.92 Å². The number of carboxylic acid groups (broad SMARTS) is 1. The van der Waals surface area contributed by atoms with Gasteiger partial charge in [-0.1, -0.05) is 0 Å². The van der Waals surface area contributed by atoms with E-state index in [1.165, 1.54) is 0 Å². The molecule has 2 amide bonds.